The zero-order chi connectivity index (χ0) is 26.2. The summed E-state index contributed by atoms with van der Waals surface area (Å²) in [6, 6.07) is 0. The summed E-state index contributed by atoms with van der Waals surface area (Å²) in [7, 11) is 0. The molecule has 41 heavy (non-hydrogen) atoms. The van der Waals surface area contributed by atoms with Crippen LogP contribution in [0.2, 0.25) is 0 Å². The second kappa shape index (κ2) is 11.9. The second-order valence-electron chi connectivity index (χ2n) is 15.6. The molecule has 8 N–H and O–H groups in total. The Kier molecular flexibility index (Phi) is 8.36. The molecule has 8 nitrogen and oxygen atoms in total. The Bertz CT molecular complexity index is 716. The molecule has 9 rings (SSSR count). The van der Waals surface area contributed by atoms with Gasteiger partial charge in [-0.25, -0.2) is 0 Å². The molecule has 8 unspecified atom stereocenters. The molecule has 0 spiro atoms. The average Bonchev–Trinajstić information content (AvgIpc) is 3.73. The normalized spacial score (nSPS) is 56.2. The molecule has 4 saturated carbocycles. The van der Waals surface area contributed by atoms with Crippen LogP contribution in [0.1, 0.15) is 103 Å². The third-order valence-corrected chi connectivity index (χ3v) is 13.8. The van der Waals surface area contributed by atoms with E-state index in [1.807, 2.05) is 0 Å². The Labute approximate surface area is 261 Å². The van der Waals surface area contributed by atoms with Crippen LogP contribution in [0.4, 0.5) is 0 Å². The molecule has 230 valence electrons. The topological polar surface area (TPSA) is 96.2 Å². The van der Waals surface area contributed by atoms with E-state index in [1.165, 1.54) is 103 Å². The summed E-state index contributed by atoms with van der Waals surface area (Å²) in [6.07, 6.45) is 25.6. The Morgan fingerprint density at radius 2 is 0.341 bits per heavy atom. The number of nitrogens with one attached hydrogen (secondary N) is 8. The van der Waals surface area contributed by atoms with Gasteiger partial charge in [0.2, 0.25) is 0 Å². The van der Waals surface area contributed by atoms with Gasteiger partial charge in [0.05, 0.1) is 49.3 Å². The molecule has 0 aromatic heterocycles. The molecule has 9 heteroatoms. The fourth-order valence-electron chi connectivity index (χ4n) is 12.0. The van der Waals surface area contributed by atoms with Gasteiger partial charge in [0, 0.05) is 0 Å². The van der Waals surface area contributed by atoms with E-state index in [9.17, 15) is 0 Å². The van der Waals surface area contributed by atoms with Crippen LogP contribution in [-0.4, -0.2) is 69.1 Å². The minimum absolute atomic E-state index is 0. The number of rotatable bonds is 0. The molecule has 8 atom stereocenters. The van der Waals surface area contributed by atoms with Crippen molar-refractivity contribution < 1.29 is 0 Å². The summed E-state index contributed by atoms with van der Waals surface area (Å²) < 4.78 is 0. The molecule has 5 aliphatic heterocycles. The summed E-state index contributed by atoms with van der Waals surface area (Å²) in [5, 5.41) is 33.8. The van der Waals surface area contributed by atoms with Gasteiger partial charge in [0.15, 0.2) is 0 Å². The first-order chi connectivity index (χ1) is 19.8. The van der Waals surface area contributed by atoms with Crippen LogP contribution in [0.5, 0.6) is 0 Å². The summed E-state index contributed by atoms with van der Waals surface area (Å²) in [6.45, 7) is 0. The minimum atomic E-state index is 0. The van der Waals surface area contributed by atoms with Crippen molar-refractivity contribution in [3.05, 3.63) is 0 Å². The first-order valence-corrected chi connectivity index (χ1v) is 17.9. The third-order valence-electron chi connectivity index (χ3n) is 13.8. The Morgan fingerprint density at radius 3 is 0.463 bits per heavy atom. The molecule has 9 fully saturated rings. The first kappa shape index (κ1) is 28.8. The van der Waals surface area contributed by atoms with Crippen LogP contribution in [0.3, 0.4) is 0 Å². The summed E-state index contributed by atoms with van der Waals surface area (Å²) >= 11 is 0. The van der Waals surface area contributed by atoms with Crippen molar-refractivity contribution in [1.82, 2.24) is 42.5 Å². The van der Waals surface area contributed by atoms with E-state index in [0.29, 0.717) is 49.3 Å². The standard InChI is InChI=1S/C32H56N8.Ga.3H/c1-2-10-18-17(9-1)25-33-26(18)38-28-21-13-5-6-14-22(21)30(35-28)40-32-24-16-8-7-15-23(24)31(36-32)39-29-20-12-4-3-11-19(20)27(34-29)37-25;;;;/h17-40H,1-16H2;;;;. The van der Waals surface area contributed by atoms with Gasteiger partial charge < -0.3 is 0 Å². The van der Waals surface area contributed by atoms with Crippen molar-refractivity contribution >= 4 is 19.8 Å². The molecular weight excluding hydrogens is 566 g/mol. The molecule has 8 bridgehead atoms. The molecule has 4 aliphatic carbocycles. The molecule has 5 heterocycles. The SMILES string of the molecule is C1CCC2C3NC(NC4NC(NC5NC(NC6NC(N3)C3CCCCC63)C3CCCCC53)C3CCCCC43)C2C1.[GaH3]. The summed E-state index contributed by atoms with van der Waals surface area (Å²) in [4.78, 5) is 0. The second-order valence-corrected chi connectivity index (χ2v) is 15.6. The van der Waals surface area contributed by atoms with E-state index in [2.05, 4.69) is 42.5 Å². The van der Waals surface area contributed by atoms with Gasteiger partial charge in [-0.3, -0.25) is 42.5 Å². The van der Waals surface area contributed by atoms with Gasteiger partial charge >= 0.3 is 19.8 Å². The van der Waals surface area contributed by atoms with Crippen molar-refractivity contribution in [2.45, 2.75) is 152 Å². The zero-order valence-electron chi connectivity index (χ0n) is 24.6. The number of fused-ring (bicyclic) bond motifs is 20. The molecular formula is C32H59GaN8. The van der Waals surface area contributed by atoms with Gasteiger partial charge in [-0.1, -0.05) is 51.4 Å². The monoisotopic (exact) mass is 624 g/mol. The Balaban J connectivity index is 0.00000256. The van der Waals surface area contributed by atoms with Crippen molar-refractivity contribution in [2.24, 2.45) is 47.3 Å². The average molecular weight is 626 g/mol. The molecule has 0 radical (unpaired) electrons. The fourth-order valence-corrected chi connectivity index (χ4v) is 12.0. The van der Waals surface area contributed by atoms with Gasteiger partial charge in [-0.05, 0) is 98.7 Å². The fraction of sp³-hybridized carbons (Fsp3) is 1.00. The van der Waals surface area contributed by atoms with Crippen LogP contribution in [0.25, 0.3) is 0 Å². The van der Waals surface area contributed by atoms with Crippen LogP contribution in [0, 0.1) is 47.3 Å². The first-order valence-electron chi connectivity index (χ1n) is 17.9. The molecule has 0 aromatic rings. The summed E-state index contributed by atoms with van der Waals surface area (Å²) in [5.74, 6) is 5.97. The van der Waals surface area contributed by atoms with E-state index in [1.54, 1.807) is 0 Å². The Hall–Kier alpha value is 0.316. The van der Waals surface area contributed by atoms with Gasteiger partial charge in [0.1, 0.15) is 0 Å². The van der Waals surface area contributed by atoms with Crippen molar-refractivity contribution in [3.8, 4) is 0 Å². The quantitative estimate of drug-likeness (QED) is 0.192. The zero-order valence-corrected chi connectivity index (χ0v) is 24.6. The number of hydrogen-bond acceptors (Lipinski definition) is 8. The predicted molar refractivity (Wildman–Crippen MR) is 167 cm³/mol. The van der Waals surface area contributed by atoms with E-state index in [0.717, 1.165) is 47.3 Å². The number of hydrogen-bond donors (Lipinski definition) is 8. The van der Waals surface area contributed by atoms with Crippen molar-refractivity contribution in [2.75, 3.05) is 0 Å². The molecule has 0 amide bonds. The van der Waals surface area contributed by atoms with Crippen LogP contribution >= 0.6 is 0 Å². The molecule has 9 aliphatic rings. The van der Waals surface area contributed by atoms with Crippen molar-refractivity contribution in [1.29, 1.82) is 0 Å². The van der Waals surface area contributed by atoms with Gasteiger partial charge in [-0.15, -0.1) is 0 Å². The van der Waals surface area contributed by atoms with E-state index < -0.39 is 0 Å². The van der Waals surface area contributed by atoms with Crippen LogP contribution in [0.15, 0.2) is 0 Å². The van der Waals surface area contributed by atoms with E-state index >= 15 is 0 Å². The molecule has 5 saturated heterocycles. The van der Waals surface area contributed by atoms with Crippen LogP contribution < -0.4 is 42.5 Å². The van der Waals surface area contributed by atoms with Gasteiger partial charge in [0.25, 0.3) is 0 Å². The maximum atomic E-state index is 4.26. The summed E-state index contributed by atoms with van der Waals surface area (Å²) in [5.41, 5.74) is 0. The van der Waals surface area contributed by atoms with Gasteiger partial charge in [-0.2, -0.15) is 0 Å². The third kappa shape index (κ3) is 5.05. The predicted octanol–water partition coefficient (Wildman–Crippen LogP) is 1.42. The molecule has 0 aromatic carbocycles. The maximum absolute atomic E-state index is 4.26. The van der Waals surface area contributed by atoms with E-state index in [-0.39, 0.29) is 19.8 Å². The van der Waals surface area contributed by atoms with Crippen LogP contribution in [-0.2, 0) is 0 Å². The van der Waals surface area contributed by atoms with E-state index in [4.69, 9.17) is 0 Å². The van der Waals surface area contributed by atoms with Crippen molar-refractivity contribution in [3.63, 3.8) is 0 Å². The Morgan fingerprint density at radius 1 is 0.220 bits per heavy atom.